The minimum atomic E-state index is -1.59. The van der Waals surface area contributed by atoms with Crippen LogP contribution in [0.2, 0.25) is 0 Å². The van der Waals surface area contributed by atoms with Gasteiger partial charge in [0, 0.05) is 35.8 Å². The Morgan fingerprint density at radius 3 is 2.38 bits per heavy atom. The Morgan fingerprint density at radius 2 is 1.72 bits per heavy atom. The SMILES string of the molecule is CC(C)=CCC[C@]1(C)C[C@H](O)c2c(O)c3c(c(CC=C(C)C)c2O1)O[C@]12C(=C[C@@H]4CC1C(C)(C)OC2(CC=C(C)OC=O)C4=O)C3=O. The number of aliphatic hydroxyl groups excluding tert-OH is 1. The zero-order valence-corrected chi connectivity index (χ0v) is 28.6. The molecule has 252 valence electrons. The van der Waals surface area contributed by atoms with Crippen molar-refractivity contribution >= 4 is 18.0 Å². The highest BCUT2D eigenvalue weighted by atomic mass is 16.6. The van der Waals surface area contributed by atoms with Crippen LogP contribution in [0.25, 0.3) is 0 Å². The van der Waals surface area contributed by atoms with Crippen molar-refractivity contribution in [1.29, 1.82) is 0 Å². The number of carbonyl (C=O) groups excluding carboxylic acids is 3. The Kier molecular flexibility index (Phi) is 7.91. The largest absolute Gasteiger partial charge is 0.506 e. The molecular weight excluding hydrogens is 600 g/mol. The van der Waals surface area contributed by atoms with E-state index in [-0.39, 0.29) is 52.7 Å². The number of benzene rings is 1. The van der Waals surface area contributed by atoms with E-state index in [1.54, 1.807) is 19.1 Å². The van der Waals surface area contributed by atoms with Gasteiger partial charge < -0.3 is 29.2 Å². The van der Waals surface area contributed by atoms with Crippen molar-refractivity contribution < 1.29 is 43.5 Å². The summed E-state index contributed by atoms with van der Waals surface area (Å²) in [5.41, 5.74) is -1.54. The van der Waals surface area contributed by atoms with Crippen LogP contribution in [0, 0.1) is 11.8 Å². The maximum atomic E-state index is 14.8. The Morgan fingerprint density at radius 1 is 1.02 bits per heavy atom. The van der Waals surface area contributed by atoms with Gasteiger partial charge >= 0.3 is 0 Å². The average Bonchev–Trinajstić information content (AvgIpc) is 3.12. The molecule has 6 atom stereocenters. The first-order chi connectivity index (χ1) is 22.0. The average molecular weight is 647 g/mol. The van der Waals surface area contributed by atoms with E-state index in [1.807, 2.05) is 54.5 Å². The van der Waals surface area contributed by atoms with Crippen LogP contribution in [-0.2, 0) is 25.5 Å². The number of ketones is 2. The van der Waals surface area contributed by atoms with Crippen LogP contribution in [0.3, 0.4) is 0 Å². The molecule has 1 aromatic carbocycles. The summed E-state index contributed by atoms with van der Waals surface area (Å²) >= 11 is 0. The fourth-order valence-corrected chi connectivity index (χ4v) is 8.66. The van der Waals surface area contributed by atoms with Crippen molar-refractivity contribution in [2.45, 2.75) is 122 Å². The van der Waals surface area contributed by atoms with E-state index in [2.05, 4.69) is 6.08 Å². The third-order valence-electron chi connectivity index (χ3n) is 10.8. The molecule has 7 rings (SSSR count). The highest BCUT2D eigenvalue weighted by Gasteiger charge is 2.81. The van der Waals surface area contributed by atoms with Gasteiger partial charge in [-0.2, -0.15) is 0 Å². The monoisotopic (exact) mass is 646 g/mol. The number of aliphatic hydroxyl groups is 1. The van der Waals surface area contributed by atoms with E-state index in [0.29, 0.717) is 42.8 Å². The molecule has 47 heavy (non-hydrogen) atoms. The van der Waals surface area contributed by atoms with Crippen molar-refractivity contribution in [3.05, 3.63) is 63.5 Å². The summed E-state index contributed by atoms with van der Waals surface area (Å²) in [6.07, 6.45) is 8.73. The van der Waals surface area contributed by atoms with Gasteiger partial charge in [-0.25, -0.2) is 0 Å². The Labute approximate surface area is 276 Å². The number of phenolic OH excluding ortho intramolecular Hbond substituents is 1. The van der Waals surface area contributed by atoms with E-state index in [4.69, 9.17) is 18.9 Å². The van der Waals surface area contributed by atoms with Crippen LogP contribution in [0.1, 0.15) is 115 Å². The van der Waals surface area contributed by atoms with Crippen LogP contribution in [-0.4, -0.2) is 50.7 Å². The highest BCUT2D eigenvalue weighted by Crippen LogP contribution is 2.69. The van der Waals surface area contributed by atoms with Crippen molar-refractivity contribution in [2.75, 3.05) is 0 Å². The van der Waals surface area contributed by atoms with Gasteiger partial charge in [0.1, 0.15) is 34.2 Å². The number of hydrogen-bond donors (Lipinski definition) is 2. The van der Waals surface area contributed by atoms with Gasteiger partial charge in [0.05, 0.1) is 17.3 Å². The lowest BCUT2D eigenvalue weighted by molar-refractivity contribution is -0.171. The lowest BCUT2D eigenvalue weighted by Crippen LogP contribution is -2.72. The van der Waals surface area contributed by atoms with Gasteiger partial charge in [0.2, 0.25) is 0 Å². The maximum absolute atomic E-state index is 14.8. The second-order valence-corrected chi connectivity index (χ2v) is 15.1. The van der Waals surface area contributed by atoms with Crippen LogP contribution in [0.4, 0.5) is 0 Å². The lowest BCUT2D eigenvalue weighted by atomic mass is 9.51. The topological polar surface area (TPSA) is 129 Å². The zero-order chi connectivity index (χ0) is 34.3. The number of rotatable bonds is 9. The third-order valence-corrected chi connectivity index (χ3v) is 10.8. The molecule has 2 fully saturated rings. The molecule has 1 saturated heterocycles. The number of fused-ring (bicyclic) bond motifs is 2. The Hall–Kier alpha value is -3.69. The fourth-order valence-electron chi connectivity index (χ4n) is 8.66. The van der Waals surface area contributed by atoms with Crippen LogP contribution < -0.4 is 9.47 Å². The molecule has 9 heteroatoms. The lowest BCUT2D eigenvalue weighted by Gasteiger charge is -2.56. The van der Waals surface area contributed by atoms with Crippen LogP contribution >= 0.6 is 0 Å². The molecular formula is C38H46O9. The predicted molar refractivity (Wildman–Crippen MR) is 174 cm³/mol. The smallest absolute Gasteiger partial charge is 0.298 e. The van der Waals surface area contributed by atoms with Crippen molar-refractivity contribution in [1.82, 2.24) is 0 Å². The third kappa shape index (κ3) is 4.83. The molecule has 4 bridgehead atoms. The number of phenols is 1. The zero-order valence-electron chi connectivity index (χ0n) is 28.6. The fraction of sp³-hybridized carbons (Fsp3) is 0.553. The van der Waals surface area contributed by atoms with Gasteiger partial charge in [-0.1, -0.05) is 29.4 Å². The Balaban J connectivity index is 1.59. The van der Waals surface area contributed by atoms with Gasteiger partial charge in [-0.05, 0) is 87.1 Å². The first kappa shape index (κ1) is 33.2. The van der Waals surface area contributed by atoms with Gasteiger partial charge in [-0.15, -0.1) is 0 Å². The minimum absolute atomic E-state index is 0.0137. The molecule has 3 aliphatic carbocycles. The summed E-state index contributed by atoms with van der Waals surface area (Å²) in [6, 6.07) is 0. The van der Waals surface area contributed by atoms with Crippen molar-refractivity contribution in [2.24, 2.45) is 11.8 Å². The quantitative estimate of drug-likeness (QED) is 0.171. The molecule has 2 N–H and O–H groups in total. The number of ether oxygens (including phenoxy) is 4. The Bertz CT molecular complexity index is 1680. The highest BCUT2D eigenvalue weighted by molar-refractivity contribution is 6.18. The van der Waals surface area contributed by atoms with Gasteiger partial charge in [0.25, 0.3) is 6.47 Å². The number of hydrogen-bond acceptors (Lipinski definition) is 9. The summed E-state index contributed by atoms with van der Waals surface area (Å²) < 4.78 is 25.7. The molecule has 3 aliphatic heterocycles. The molecule has 0 radical (unpaired) electrons. The van der Waals surface area contributed by atoms with E-state index in [9.17, 15) is 24.6 Å². The van der Waals surface area contributed by atoms with E-state index >= 15 is 0 Å². The van der Waals surface area contributed by atoms with Crippen LogP contribution in [0.15, 0.2) is 46.8 Å². The predicted octanol–water partition coefficient (Wildman–Crippen LogP) is 6.70. The van der Waals surface area contributed by atoms with Gasteiger partial charge in [-0.3, -0.25) is 14.4 Å². The number of carbonyl (C=O) groups is 3. The van der Waals surface area contributed by atoms with Gasteiger partial charge in [0.15, 0.2) is 22.8 Å². The van der Waals surface area contributed by atoms with Crippen molar-refractivity contribution in [3.63, 3.8) is 0 Å². The number of Topliss-reactive ketones (excluding diaryl/α,β-unsaturated/α-hetero) is 2. The standard InChI is InChI=1S/C38H46O9/c1-20(2)10-9-14-36(8)18-26(40)28-31(42)29-30(41)25-16-23-17-27-35(6,7)47-37(34(23)43,15-13-22(5)44-19-39)38(25,27)46-33(29)24(32(28)45-36)12-11-21(3)4/h10-11,13,16,19,23,26-27,40,42H,9,12,14-15,17-18H2,1-8H3/t23-,26+,27?,36-,37?,38-/m1/s1. The summed E-state index contributed by atoms with van der Waals surface area (Å²) in [7, 11) is 0. The molecule has 9 nitrogen and oxygen atoms in total. The molecule has 1 saturated carbocycles. The second kappa shape index (κ2) is 11.2. The van der Waals surface area contributed by atoms with Crippen molar-refractivity contribution in [3.8, 4) is 17.2 Å². The maximum Gasteiger partial charge on any atom is 0.298 e. The molecule has 6 aliphatic rings. The second-order valence-electron chi connectivity index (χ2n) is 15.1. The molecule has 1 aromatic rings. The van der Waals surface area contributed by atoms with E-state index in [1.165, 1.54) is 5.57 Å². The van der Waals surface area contributed by atoms with Crippen LogP contribution in [0.5, 0.6) is 17.2 Å². The summed E-state index contributed by atoms with van der Waals surface area (Å²) in [6.45, 7) is 15.7. The summed E-state index contributed by atoms with van der Waals surface area (Å²) in [5, 5.41) is 23.4. The summed E-state index contributed by atoms with van der Waals surface area (Å²) in [4.78, 5) is 40.2. The van der Waals surface area contributed by atoms with E-state index in [0.717, 1.165) is 12.0 Å². The molecule has 0 aromatic heterocycles. The molecule has 2 unspecified atom stereocenters. The molecule has 0 amide bonds. The molecule has 3 heterocycles. The first-order valence-electron chi connectivity index (χ1n) is 16.5. The molecule has 1 spiro atoms. The minimum Gasteiger partial charge on any atom is -0.506 e. The summed E-state index contributed by atoms with van der Waals surface area (Å²) in [5.74, 6) is -1.23. The number of allylic oxidation sites excluding steroid dienone is 6. The normalized spacial score (nSPS) is 32.7. The van der Waals surface area contributed by atoms with E-state index < -0.39 is 40.2 Å². The first-order valence-corrected chi connectivity index (χ1v) is 16.5. The number of aromatic hydroxyl groups is 1.